The molecule has 3 nitrogen and oxygen atoms in total. The Bertz CT molecular complexity index is 998. The zero-order valence-electron chi connectivity index (χ0n) is 15.2. The highest BCUT2D eigenvalue weighted by atomic mass is 19.4. The molecule has 7 heteroatoms. The van der Waals surface area contributed by atoms with Gasteiger partial charge in [0.05, 0.1) is 5.56 Å². The zero-order chi connectivity index (χ0) is 20.5. The number of furan rings is 1. The van der Waals surface area contributed by atoms with Gasteiger partial charge in [0.2, 0.25) is 0 Å². The van der Waals surface area contributed by atoms with E-state index in [2.05, 4.69) is 5.32 Å². The highest BCUT2D eigenvalue weighted by Crippen LogP contribution is 2.32. The van der Waals surface area contributed by atoms with Crippen molar-refractivity contribution in [1.82, 2.24) is 5.32 Å². The van der Waals surface area contributed by atoms with Crippen molar-refractivity contribution in [2.24, 2.45) is 0 Å². The molecule has 0 saturated carbocycles. The number of rotatable bonds is 4. The number of hydrogen-bond donors (Lipinski definition) is 1. The van der Waals surface area contributed by atoms with Crippen LogP contribution >= 0.6 is 0 Å². The van der Waals surface area contributed by atoms with Gasteiger partial charge in [-0.25, -0.2) is 4.39 Å². The SMILES string of the molecule is Cc1cc(CNC(=O)c2ccc(-c3cccc(C(F)(F)F)c3)o2)cc(F)c1C. The largest absolute Gasteiger partial charge is 0.451 e. The zero-order valence-corrected chi connectivity index (χ0v) is 15.2. The Morgan fingerprint density at radius 2 is 1.82 bits per heavy atom. The van der Waals surface area contributed by atoms with Crippen molar-refractivity contribution in [1.29, 1.82) is 0 Å². The number of nitrogens with one attached hydrogen (secondary N) is 1. The maximum Gasteiger partial charge on any atom is 0.416 e. The highest BCUT2D eigenvalue weighted by molar-refractivity contribution is 5.92. The van der Waals surface area contributed by atoms with Crippen LogP contribution in [0.4, 0.5) is 17.6 Å². The van der Waals surface area contributed by atoms with Gasteiger partial charge in [0, 0.05) is 12.1 Å². The molecular formula is C21H17F4NO2. The number of benzene rings is 2. The summed E-state index contributed by atoms with van der Waals surface area (Å²) in [5.41, 5.74) is 1.33. The van der Waals surface area contributed by atoms with Gasteiger partial charge in [0.15, 0.2) is 5.76 Å². The Balaban J connectivity index is 1.73. The summed E-state index contributed by atoms with van der Waals surface area (Å²) < 4.78 is 57.7. The lowest BCUT2D eigenvalue weighted by Gasteiger charge is -2.08. The Labute approximate surface area is 159 Å². The standard InChI is InChI=1S/C21H17F4NO2/c1-12-8-14(9-17(22)13(12)2)11-26-20(27)19-7-6-18(28-19)15-4-3-5-16(10-15)21(23,24)25/h3-10H,11H2,1-2H3,(H,26,27). The molecule has 0 aliphatic carbocycles. The minimum absolute atomic E-state index is 0.0447. The second-order valence-electron chi connectivity index (χ2n) is 6.44. The molecular weight excluding hydrogens is 374 g/mol. The maximum atomic E-state index is 13.8. The third-order valence-electron chi connectivity index (χ3n) is 4.42. The summed E-state index contributed by atoms with van der Waals surface area (Å²) in [4.78, 5) is 12.2. The molecule has 0 radical (unpaired) electrons. The summed E-state index contributed by atoms with van der Waals surface area (Å²) in [5, 5.41) is 2.61. The van der Waals surface area contributed by atoms with Crippen molar-refractivity contribution in [3.05, 3.63) is 82.4 Å². The van der Waals surface area contributed by atoms with Gasteiger partial charge in [-0.1, -0.05) is 18.2 Å². The summed E-state index contributed by atoms with van der Waals surface area (Å²) in [7, 11) is 0. The molecule has 0 atom stereocenters. The number of carbonyl (C=O) groups is 1. The van der Waals surface area contributed by atoms with E-state index in [4.69, 9.17) is 4.42 Å². The Kier molecular flexibility index (Phi) is 5.27. The number of aryl methyl sites for hydroxylation is 1. The molecule has 1 heterocycles. The van der Waals surface area contributed by atoms with Gasteiger partial charge in [-0.05, 0) is 60.9 Å². The molecule has 0 spiro atoms. The molecule has 3 aromatic rings. The molecule has 146 valence electrons. The van der Waals surface area contributed by atoms with Gasteiger partial charge in [-0.15, -0.1) is 0 Å². The van der Waals surface area contributed by atoms with E-state index in [1.54, 1.807) is 19.9 Å². The quantitative estimate of drug-likeness (QED) is 0.584. The maximum absolute atomic E-state index is 13.8. The second-order valence-corrected chi connectivity index (χ2v) is 6.44. The number of halogens is 4. The van der Waals surface area contributed by atoms with E-state index in [1.807, 2.05) is 0 Å². The lowest BCUT2D eigenvalue weighted by Crippen LogP contribution is -2.22. The molecule has 0 aliphatic rings. The number of amides is 1. The van der Waals surface area contributed by atoms with Crippen LogP contribution in [0, 0.1) is 19.7 Å². The molecule has 2 aromatic carbocycles. The van der Waals surface area contributed by atoms with Gasteiger partial charge in [-0.3, -0.25) is 4.79 Å². The summed E-state index contributed by atoms with van der Waals surface area (Å²) in [6, 6.07) is 10.6. The lowest BCUT2D eigenvalue weighted by atomic mass is 10.1. The van der Waals surface area contributed by atoms with E-state index >= 15 is 0 Å². The predicted octanol–water partition coefficient (Wildman–Crippen LogP) is 5.65. The van der Waals surface area contributed by atoms with Crippen LogP contribution in [-0.2, 0) is 12.7 Å². The smallest absolute Gasteiger partial charge is 0.416 e. The van der Waals surface area contributed by atoms with Crippen molar-refractivity contribution >= 4 is 5.91 Å². The van der Waals surface area contributed by atoms with Gasteiger partial charge in [-0.2, -0.15) is 13.2 Å². The molecule has 28 heavy (non-hydrogen) atoms. The summed E-state index contributed by atoms with van der Waals surface area (Å²) in [5.74, 6) is -0.795. The predicted molar refractivity (Wildman–Crippen MR) is 96.2 cm³/mol. The van der Waals surface area contributed by atoms with Crippen LogP contribution < -0.4 is 5.32 Å². The monoisotopic (exact) mass is 391 g/mol. The second kappa shape index (κ2) is 7.50. The average Bonchev–Trinajstić information content (AvgIpc) is 3.14. The average molecular weight is 391 g/mol. The molecule has 1 N–H and O–H groups in total. The summed E-state index contributed by atoms with van der Waals surface area (Å²) >= 11 is 0. The van der Waals surface area contributed by atoms with Crippen LogP contribution in [0.25, 0.3) is 11.3 Å². The van der Waals surface area contributed by atoms with Crippen LogP contribution in [-0.4, -0.2) is 5.91 Å². The molecule has 0 fully saturated rings. The third kappa shape index (κ3) is 4.24. The molecule has 0 unspecified atom stereocenters. The number of alkyl halides is 3. The number of carbonyl (C=O) groups excluding carboxylic acids is 1. The third-order valence-corrected chi connectivity index (χ3v) is 4.42. The topological polar surface area (TPSA) is 42.2 Å². The van der Waals surface area contributed by atoms with Gasteiger partial charge in [0.1, 0.15) is 11.6 Å². The van der Waals surface area contributed by atoms with E-state index in [1.165, 1.54) is 30.3 Å². The first kappa shape index (κ1) is 19.7. The van der Waals surface area contributed by atoms with Crippen molar-refractivity contribution in [2.45, 2.75) is 26.6 Å². The van der Waals surface area contributed by atoms with Crippen molar-refractivity contribution < 1.29 is 26.8 Å². The molecule has 3 rings (SSSR count). The Morgan fingerprint density at radius 1 is 1.07 bits per heavy atom. The van der Waals surface area contributed by atoms with E-state index in [9.17, 15) is 22.4 Å². The van der Waals surface area contributed by atoms with Crippen molar-refractivity contribution in [2.75, 3.05) is 0 Å². The molecule has 1 amide bonds. The first-order chi connectivity index (χ1) is 13.1. The minimum atomic E-state index is -4.47. The Hall–Kier alpha value is -3.09. The molecule has 1 aromatic heterocycles. The van der Waals surface area contributed by atoms with E-state index in [-0.39, 0.29) is 29.4 Å². The normalized spacial score (nSPS) is 11.5. The fourth-order valence-electron chi connectivity index (χ4n) is 2.72. The molecule has 0 bridgehead atoms. The van der Waals surface area contributed by atoms with Gasteiger partial charge >= 0.3 is 6.18 Å². The van der Waals surface area contributed by atoms with Crippen LogP contribution in [0.1, 0.15) is 32.8 Å². The fourth-order valence-corrected chi connectivity index (χ4v) is 2.72. The Morgan fingerprint density at radius 3 is 2.50 bits per heavy atom. The lowest BCUT2D eigenvalue weighted by molar-refractivity contribution is -0.137. The first-order valence-electron chi connectivity index (χ1n) is 8.46. The van der Waals surface area contributed by atoms with Crippen molar-refractivity contribution in [3.8, 4) is 11.3 Å². The van der Waals surface area contributed by atoms with E-state index in [0.29, 0.717) is 11.1 Å². The summed E-state index contributed by atoms with van der Waals surface area (Å²) in [6.45, 7) is 3.54. The van der Waals surface area contributed by atoms with Crippen LogP contribution in [0.15, 0.2) is 52.9 Å². The van der Waals surface area contributed by atoms with Crippen LogP contribution in [0.5, 0.6) is 0 Å². The van der Waals surface area contributed by atoms with E-state index in [0.717, 1.165) is 17.7 Å². The van der Waals surface area contributed by atoms with Crippen molar-refractivity contribution in [3.63, 3.8) is 0 Å². The van der Waals surface area contributed by atoms with Crippen LogP contribution in [0.2, 0.25) is 0 Å². The van der Waals surface area contributed by atoms with Gasteiger partial charge < -0.3 is 9.73 Å². The fraction of sp³-hybridized carbons (Fsp3) is 0.190. The number of hydrogen-bond acceptors (Lipinski definition) is 2. The summed E-state index contributed by atoms with van der Waals surface area (Å²) in [6.07, 6.45) is -4.47. The first-order valence-corrected chi connectivity index (χ1v) is 8.46. The minimum Gasteiger partial charge on any atom is -0.451 e. The molecule has 0 aliphatic heterocycles. The van der Waals surface area contributed by atoms with Crippen LogP contribution in [0.3, 0.4) is 0 Å². The van der Waals surface area contributed by atoms with Gasteiger partial charge in [0.25, 0.3) is 5.91 Å². The molecule has 0 saturated heterocycles. The highest BCUT2D eigenvalue weighted by Gasteiger charge is 2.30. The van der Waals surface area contributed by atoms with E-state index < -0.39 is 17.6 Å².